The number of likely N-dealkylation sites (tertiary alicyclic amines) is 1. The van der Waals surface area contributed by atoms with Gasteiger partial charge in [-0.05, 0) is 39.5 Å². The highest BCUT2D eigenvalue weighted by atomic mass is 32.2. The van der Waals surface area contributed by atoms with Crippen molar-refractivity contribution in [2.75, 3.05) is 19.6 Å². The Labute approximate surface area is 138 Å². The first-order valence-electron chi connectivity index (χ1n) is 7.67. The number of alkyl carbamates (subject to hydrolysis) is 1. The molecule has 1 N–H and O–H groups in total. The molecule has 0 aromatic rings. The van der Waals surface area contributed by atoms with Gasteiger partial charge in [0.05, 0.1) is 6.04 Å². The molecule has 0 bridgehead atoms. The van der Waals surface area contributed by atoms with Gasteiger partial charge in [0.1, 0.15) is 12.1 Å². The first-order chi connectivity index (χ1) is 10.6. The summed E-state index contributed by atoms with van der Waals surface area (Å²) in [6, 6.07) is -0.277. The third kappa shape index (κ3) is 6.98. The van der Waals surface area contributed by atoms with Crippen LogP contribution < -0.4 is 5.32 Å². The summed E-state index contributed by atoms with van der Waals surface area (Å²) in [6.07, 6.45) is 0.601. The molecule has 1 fully saturated rings. The lowest BCUT2D eigenvalue weighted by atomic mass is 9.90. The second-order valence-corrected chi connectivity index (χ2v) is 7.19. The fourth-order valence-corrected chi connectivity index (χ4v) is 2.97. The molecule has 0 spiro atoms. The highest BCUT2D eigenvalue weighted by Gasteiger charge is 2.30. The predicted molar refractivity (Wildman–Crippen MR) is 84.4 cm³/mol. The van der Waals surface area contributed by atoms with Crippen LogP contribution in [0.2, 0.25) is 0 Å². The average Bonchev–Trinajstić information content (AvgIpc) is 2.42. The maximum absolute atomic E-state index is 12.2. The van der Waals surface area contributed by atoms with Gasteiger partial charge >= 0.3 is 16.6 Å². The highest BCUT2D eigenvalue weighted by Crippen LogP contribution is 2.23. The fraction of sp³-hybridized carbons (Fsp3) is 0.857. The highest BCUT2D eigenvalue weighted by molar-refractivity contribution is 7.61. The minimum Gasteiger partial charge on any atom is -0.444 e. The minimum absolute atomic E-state index is 0.00660. The van der Waals surface area contributed by atoms with E-state index in [1.54, 1.807) is 25.7 Å². The van der Waals surface area contributed by atoms with Crippen molar-refractivity contribution < 1.29 is 22.7 Å². The molecule has 0 saturated carbocycles. The zero-order valence-corrected chi connectivity index (χ0v) is 14.9. The number of nitrogens with zero attached hydrogens (tertiary/aromatic N) is 2. The van der Waals surface area contributed by atoms with Gasteiger partial charge in [0.2, 0.25) is 5.91 Å². The van der Waals surface area contributed by atoms with Crippen LogP contribution in [-0.2, 0) is 20.0 Å². The smallest absolute Gasteiger partial charge is 0.408 e. The molecule has 1 rings (SSSR count). The summed E-state index contributed by atoms with van der Waals surface area (Å²) in [6.45, 7) is 7.90. The van der Waals surface area contributed by atoms with Gasteiger partial charge in [-0.3, -0.25) is 4.79 Å². The molecule has 1 aliphatic heterocycles. The number of carbonyl (C=O) groups excluding carboxylic acids is 2. The van der Waals surface area contributed by atoms with E-state index in [1.165, 1.54) is 0 Å². The van der Waals surface area contributed by atoms with Crippen molar-refractivity contribution in [3.8, 4) is 0 Å². The maximum atomic E-state index is 12.2. The summed E-state index contributed by atoms with van der Waals surface area (Å²) in [5.74, 6) is -0.205. The first-order valence-corrected chi connectivity index (χ1v) is 8.70. The summed E-state index contributed by atoms with van der Waals surface area (Å²) in [5, 5.41) is 2.44. The van der Waals surface area contributed by atoms with Crippen LogP contribution in [0.4, 0.5) is 4.79 Å². The van der Waals surface area contributed by atoms with Crippen LogP contribution >= 0.6 is 0 Å². The van der Waals surface area contributed by atoms with E-state index < -0.39 is 22.2 Å². The Bertz CT molecular complexity index is 559. The number of rotatable bonds is 4. The molecule has 1 heterocycles. The SMILES string of the molecule is CCC1CN(C(=O)CNC(=O)OC(C)(C)C)CCC1N=S(=O)=O. The van der Waals surface area contributed by atoms with Crippen LogP contribution in [0.1, 0.15) is 40.5 Å². The van der Waals surface area contributed by atoms with E-state index >= 15 is 0 Å². The standard InChI is InChI=1S/C14H25N3O5S/c1-5-10-9-17(7-6-11(10)16-23(20)21)12(18)8-15-13(19)22-14(2,3)4/h10-11H,5-9H2,1-4H3,(H,15,19). The topological polar surface area (TPSA) is 105 Å². The Morgan fingerprint density at radius 3 is 2.52 bits per heavy atom. The Balaban J connectivity index is 2.52. The Morgan fingerprint density at radius 1 is 1.35 bits per heavy atom. The van der Waals surface area contributed by atoms with Crippen LogP contribution in [0.3, 0.4) is 0 Å². The molecule has 1 saturated heterocycles. The molecule has 23 heavy (non-hydrogen) atoms. The molecular weight excluding hydrogens is 322 g/mol. The van der Waals surface area contributed by atoms with E-state index in [4.69, 9.17) is 4.74 Å². The number of hydrogen-bond donors (Lipinski definition) is 1. The van der Waals surface area contributed by atoms with Crippen molar-refractivity contribution in [3.63, 3.8) is 0 Å². The third-order valence-electron chi connectivity index (χ3n) is 3.58. The van der Waals surface area contributed by atoms with E-state index in [0.717, 1.165) is 6.42 Å². The number of nitrogens with one attached hydrogen (secondary N) is 1. The van der Waals surface area contributed by atoms with E-state index in [1.807, 2.05) is 6.92 Å². The lowest BCUT2D eigenvalue weighted by Crippen LogP contribution is -2.49. The Morgan fingerprint density at radius 2 is 2.00 bits per heavy atom. The monoisotopic (exact) mass is 347 g/mol. The summed E-state index contributed by atoms with van der Waals surface area (Å²) in [5.41, 5.74) is -0.617. The molecule has 9 heteroatoms. The molecule has 8 nitrogen and oxygen atoms in total. The van der Waals surface area contributed by atoms with Gasteiger partial charge in [-0.1, -0.05) is 6.92 Å². The molecule has 2 unspecified atom stereocenters. The normalized spacial score (nSPS) is 21.5. The first kappa shape index (κ1) is 19.4. The van der Waals surface area contributed by atoms with Crippen LogP contribution in [-0.4, -0.2) is 56.6 Å². The average molecular weight is 347 g/mol. The Hall–Kier alpha value is -1.64. The molecule has 2 amide bonds. The number of ether oxygens (including phenoxy) is 1. The minimum atomic E-state index is -2.43. The van der Waals surface area contributed by atoms with Crippen molar-refractivity contribution >= 4 is 22.5 Å². The van der Waals surface area contributed by atoms with E-state index in [2.05, 4.69) is 9.68 Å². The fourth-order valence-electron chi connectivity index (χ4n) is 2.47. The van der Waals surface area contributed by atoms with E-state index in [-0.39, 0.29) is 24.4 Å². The number of piperidine rings is 1. The molecule has 0 aromatic carbocycles. The summed E-state index contributed by atoms with van der Waals surface area (Å²) < 4.78 is 30.2. The molecule has 0 radical (unpaired) electrons. The summed E-state index contributed by atoms with van der Waals surface area (Å²) in [4.78, 5) is 25.3. The van der Waals surface area contributed by atoms with Crippen LogP contribution in [0, 0.1) is 5.92 Å². The van der Waals surface area contributed by atoms with Crippen molar-refractivity contribution in [2.45, 2.75) is 52.2 Å². The summed E-state index contributed by atoms with van der Waals surface area (Å²) in [7, 11) is -2.43. The second-order valence-electron chi connectivity index (χ2n) is 6.54. The maximum Gasteiger partial charge on any atom is 0.408 e. The van der Waals surface area contributed by atoms with Crippen LogP contribution in [0.15, 0.2) is 4.36 Å². The van der Waals surface area contributed by atoms with Crippen molar-refractivity contribution in [1.82, 2.24) is 10.2 Å². The molecule has 132 valence electrons. The quantitative estimate of drug-likeness (QED) is 0.822. The molecular formula is C14H25N3O5S. The third-order valence-corrected chi connectivity index (χ3v) is 4.02. The van der Waals surface area contributed by atoms with Crippen molar-refractivity contribution in [2.24, 2.45) is 10.3 Å². The molecule has 1 aliphatic rings. The number of hydrogen-bond acceptors (Lipinski definition) is 6. The van der Waals surface area contributed by atoms with Gasteiger partial charge in [0.25, 0.3) is 0 Å². The van der Waals surface area contributed by atoms with Gasteiger partial charge < -0.3 is 15.0 Å². The van der Waals surface area contributed by atoms with Gasteiger partial charge in [-0.25, -0.2) is 4.79 Å². The van der Waals surface area contributed by atoms with Gasteiger partial charge in [0, 0.05) is 13.1 Å². The molecule has 0 aromatic heterocycles. The van der Waals surface area contributed by atoms with Gasteiger partial charge in [-0.2, -0.15) is 12.8 Å². The molecule has 2 atom stereocenters. The van der Waals surface area contributed by atoms with Gasteiger partial charge in [0.15, 0.2) is 0 Å². The van der Waals surface area contributed by atoms with E-state index in [0.29, 0.717) is 19.5 Å². The lowest BCUT2D eigenvalue weighted by molar-refractivity contribution is -0.132. The second kappa shape index (κ2) is 8.28. The zero-order chi connectivity index (χ0) is 17.6. The van der Waals surface area contributed by atoms with Crippen molar-refractivity contribution in [3.05, 3.63) is 0 Å². The Kier molecular flexibility index (Phi) is 6.99. The zero-order valence-electron chi connectivity index (χ0n) is 14.0. The van der Waals surface area contributed by atoms with E-state index in [9.17, 15) is 18.0 Å². The number of carbonyl (C=O) groups is 2. The number of amides is 2. The van der Waals surface area contributed by atoms with Gasteiger partial charge in [-0.15, -0.1) is 0 Å². The molecule has 0 aliphatic carbocycles. The lowest BCUT2D eigenvalue weighted by Gasteiger charge is -2.35. The van der Waals surface area contributed by atoms with Crippen LogP contribution in [0.25, 0.3) is 0 Å². The summed E-state index contributed by atoms with van der Waals surface area (Å²) >= 11 is 0. The van der Waals surface area contributed by atoms with Crippen LogP contribution in [0.5, 0.6) is 0 Å². The largest absolute Gasteiger partial charge is 0.444 e. The predicted octanol–water partition coefficient (Wildman–Crippen LogP) is 1.20. The van der Waals surface area contributed by atoms with Crippen molar-refractivity contribution in [1.29, 1.82) is 0 Å².